The summed E-state index contributed by atoms with van der Waals surface area (Å²) in [4.78, 5) is 29.3. The molecule has 0 spiro atoms. The highest BCUT2D eigenvalue weighted by Crippen LogP contribution is 2.22. The fourth-order valence-corrected chi connectivity index (χ4v) is 3.52. The van der Waals surface area contributed by atoms with E-state index in [0.717, 1.165) is 21.8 Å². The summed E-state index contributed by atoms with van der Waals surface area (Å²) in [6.07, 6.45) is 3.76. The third-order valence-corrected chi connectivity index (χ3v) is 5.34. The molecule has 154 valence electrons. The van der Waals surface area contributed by atoms with Crippen LogP contribution in [-0.4, -0.2) is 29.9 Å². The van der Waals surface area contributed by atoms with Gasteiger partial charge >= 0.3 is 0 Å². The lowest BCUT2D eigenvalue weighted by molar-refractivity contribution is -0.120. The summed E-state index contributed by atoms with van der Waals surface area (Å²) in [7, 11) is 0. The summed E-state index contributed by atoms with van der Waals surface area (Å²) >= 11 is 1.68. The zero-order valence-corrected chi connectivity index (χ0v) is 17.1. The maximum Gasteiger partial charge on any atom is 0.251 e. The van der Waals surface area contributed by atoms with Crippen LogP contribution in [0, 0.1) is 5.82 Å². The first-order chi connectivity index (χ1) is 14.6. The van der Waals surface area contributed by atoms with Gasteiger partial charge in [0.25, 0.3) is 5.91 Å². The van der Waals surface area contributed by atoms with Crippen LogP contribution in [0.2, 0.25) is 0 Å². The lowest BCUT2D eigenvalue weighted by Crippen LogP contribution is -2.35. The second kappa shape index (κ2) is 11.1. The predicted octanol–water partition coefficient (Wildman–Crippen LogP) is 3.60. The number of carbonyl (C=O) groups is 2. The smallest absolute Gasteiger partial charge is 0.251 e. The summed E-state index contributed by atoms with van der Waals surface area (Å²) < 4.78 is 12.9. The number of thioether (sulfide) groups is 1. The number of rotatable bonds is 9. The molecule has 0 aliphatic heterocycles. The van der Waals surface area contributed by atoms with E-state index in [1.54, 1.807) is 42.2 Å². The molecular weight excluding hydrogens is 401 g/mol. The van der Waals surface area contributed by atoms with Gasteiger partial charge in [-0.1, -0.05) is 18.2 Å². The van der Waals surface area contributed by atoms with Gasteiger partial charge in [0.05, 0.1) is 6.42 Å². The molecule has 0 saturated carbocycles. The van der Waals surface area contributed by atoms with Gasteiger partial charge in [-0.2, -0.15) is 0 Å². The van der Waals surface area contributed by atoms with Crippen molar-refractivity contribution in [3.8, 4) is 0 Å². The Balaban J connectivity index is 1.36. The third-order valence-electron chi connectivity index (χ3n) is 4.26. The first kappa shape index (κ1) is 21.5. The highest BCUT2D eigenvalue weighted by atomic mass is 32.2. The molecule has 0 atom stereocenters. The Bertz CT molecular complexity index is 964. The van der Waals surface area contributed by atoms with E-state index in [9.17, 15) is 14.0 Å². The Morgan fingerprint density at radius 3 is 2.33 bits per heavy atom. The Labute approximate surface area is 179 Å². The molecule has 0 saturated heterocycles. The van der Waals surface area contributed by atoms with Gasteiger partial charge in [-0.05, 0) is 53.6 Å². The van der Waals surface area contributed by atoms with Crippen LogP contribution in [0.4, 0.5) is 4.39 Å². The number of benzene rings is 2. The second-order valence-electron chi connectivity index (χ2n) is 6.58. The molecule has 0 unspecified atom stereocenters. The van der Waals surface area contributed by atoms with E-state index in [2.05, 4.69) is 15.6 Å². The summed E-state index contributed by atoms with van der Waals surface area (Å²) in [5.41, 5.74) is 2.45. The van der Waals surface area contributed by atoms with Crippen molar-refractivity contribution in [2.24, 2.45) is 0 Å². The minimum absolute atomic E-state index is 0.173. The van der Waals surface area contributed by atoms with Crippen molar-refractivity contribution in [2.75, 3.05) is 13.1 Å². The van der Waals surface area contributed by atoms with Crippen molar-refractivity contribution < 1.29 is 14.0 Å². The van der Waals surface area contributed by atoms with Crippen LogP contribution >= 0.6 is 11.8 Å². The second-order valence-corrected chi connectivity index (χ2v) is 7.63. The summed E-state index contributed by atoms with van der Waals surface area (Å²) in [5, 5.41) is 5.52. The van der Waals surface area contributed by atoms with Gasteiger partial charge in [-0.15, -0.1) is 11.8 Å². The number of nitrogens with zero attached hydrogens (tertiary/aromatic N) is 1. The molecule has 3 rings (SSSR count). The fraction of sp³-hybridized carbons (Fsp3) is 0.174. The van der Waals surface area contributed by atoms with E-state index in [-0.39, 0.29) is 24.1 Å². The van der Waals surface area contributed by atoms with Gasteiger partial charge in [-0.25, -0.2) is 4.39 Å². The maximum atomic E-state index is 12.9. The Hall–Kier alpha value is -3.19. The minimum Gasteiger partial charge on any atom is -0.354 e. The quantitative estimate of drug-likeness (QED) is 0.408. The van der Waals surface area contributed by atoms with Crippen molar-refractivity contribution >= 4 is 23.6 Å². The molecular formula is C23H22FN3O2S. The molecule has 0 radical (unpaired) electrons. The van der Waals surface area contributed by atoms with Crippen LogP contribution < -0.4 is 10.6 Å². The molecule has 0 fully saturated rings. The van der Waals surface area contributed by atoms with E-state index >= 15 is 0 Å². The molecule has 2 amide bonds. The van der Waals surface area contributed by atoms with Crippen LogP contribution in [0.3, 0.4) is 0 Å². The van der Waals surface area contributed by atoms with Crippen molar-refractivity contribution in [3.05, 3.63) is 95.6 Å². The average Bonchev–Trinajstić information content (AvgIpc) is 2.78. The Morgan fingerprint density at radius 1 is 0.900 bits per heavy atom. The molecule has 1 aromatic heterocycles. The standard InChI is InChI=1S/C23H22FN3O2S/c24-20-7-3-17(4-8-20)14-22(28)26-12-13-27-23(29)19-5-9-21(10-6-19)30-16-18-2-1-11-25-15-18/h1-11,15H,12-14,16H2,(H,26,28)(H,27,29). The number of hydrogen-bond donors (Lipinski definition) is 2. The topological polar surface area (TPSA) is 71.1 Å². The van der Waals surface area contributed by atoms with Gasteiger partial charge in [-0.3, -0.25) is 14.6 Å². The summed E-state index contributed by atoms with van der Waals surface area (Å²) in [6, 6.07) is 17.2. The SMILES string of the molecule is O=C(Cc1ccc(F)cc1)NCCNC(=O)c1ccc(SCc2cccnc2)cc1. The Kier molecular flexibility index (Phi) is 7.97. The molecule has 30 heavy (non-hydrogen) atoms. The first-order valence-corrected chi connectivity index (χ1v) is 10.5. The highest BCUT2D eigenvalue weighted by Gasteiger charge is 2.07. The van der Waals surface area contributed by atoms with Crippen LogP contribution in [0.25, 0.3) is 0 Å². The number of hydrogen-bond acceptors (Lipinski definition) is 4. The molecule has 3 aromatic rings. The van der Waals surface area contributed by atoms with E-state index in [0.29, 0.717) is 18.7 Å². The molecule has 0 aliphatic carbocycles. The van der Waals surface area contributed by atoms with Gasteiger partial charge in [0.1, 0.15) is 5.82 Å². The number of carbonyl (C=O) groups excluding carboxylic acids is 2. The van der Waals surface area contributed by atoms with Crippen LogP contribution in [0.15, 0.2) is 78.0 Å². The van der Waals surface area contributed by atoms with Gasteiger partial charge in [0, 0.05) is 41.7 Å². The lowest BCUT2D eigenvalue weighted by Gasteiger charge is -2.08. The molecule has 0 bridgehead atoms. The largest absolute Gasteiger partial charge is 0.354 e. The van der Waals surface area contributed by atoms with Crippen molar-refractivity contribution in [1.29, 1.82) is 0 Å². The Morgan fingerprint density at radius 2 is 1.63 bits per heavy atom. The van der Waals surface area contributed by atoms with Crippen molar-refractivity contribution in [1.82, 2.24) is 15.6 Å². The number of aromatic nitrogens is 1. The summed E-state index contributed by atoms with van der Waals surface area (Å²) in [6.45, 7) is 0.649. The molecule has 1 heterocycles. The van der Waals surface area contributed by atoms with Gasteiger partial charge < -0.3 is 10.6 Å². The van der Waals surface area contributed by atoms with Crippen LogP contribution in [-0.2, 0) is 17.0 Å². The third kappa shape index (κ3) is 7.00. The minimum atomic E-state index is -0.331. The maximum absolute atomic E-state index is 12.9. The average molecular weight is 424 g/mol. The zero-order valence-electron chi connectivity index (χ0n) is 16.3. The number of amides is 2. The van der Waals surface area contributed by atoms with Crippen molar-refractivity contribution in [2.45, 2.75) is 17.1 Å². The van der Waals surface area contributed by atoms with E-state index in [1.165, 1.54) is 12.1 Å². The number of halogens is 1. The van der Waals surface area contributed by atoms with E-state index < -0.39 is 0 Å². The fourth-order valence-electron chi connectivity index (χ4n) is 2.68. The normalized spacial score (nSPS) is 10.4. The number of pyridine rings is 1. The molecule has 2 N–H and O–H groups in total. The zero-order chi connectivity index (χ0) is 21.2. The number of nitrogens with one attached hydrogen (secondary N) is 2. The van der Waals surface area contributed by atoms with Crippen LogP contribution in [0.1, 0.15) is 21.5 Å². The molecule has 5 nitrogen and oxygen atoms in total. The summed E-state index contributed by atoms with van der Waals surface area (Å²) in [5.74, 6) is 0.122. The highest BCUT2D eigenvalue weighted by molar-refractivity contribution is 7.98. The molecule has 0 aliphatic rings. The monoisotopic (exact) mass is 423 g/mol. The first-order valence-electron chi connectivity index (χ1n) is 9.51. The molecule has 2 aromatic carbocycles. The van der Waals surface area contributed by atoms with Crippen LogP contribution in [0.5, 0.6) is 0 Å². The van der Waals surface area contributed by atoms with E-state index in [1.807, 2.05) is 30.5 Å². The van der Waals surface area contributed by atoms with E-state index in [4.69, 9.17) is 0 Å². The molecule has 7 heteroatoms. The predicted molar refractivity (Wildman–Crippen MR) is 116 cm³/mol. The van der Waals surface area contributed by atoms with Crippen molar-refractivity contribution in [3.63, 3.8) is 0 Å². The van der Waals surface area contributed by atoms with Gasteiger partial charge in [0.2, 0.25) is 5.91 Å². The van der Waals surface area contributed by atoms with Gasteiger partial charge in [0.15, 0.2) is 0 Å². The lowest BCUT2D eigenvalue weighted by atomic mass is 10.1.